The second kappa shape index (κ2) is 5.31. The van der Waals surface area contributed by atoms with E-state index in [9.17, 15) is 9.90 Å². The number of imidazole rings is 1. The van der Waals surface area contributed by atoms with Crippen molar-refractivity contribution >= 4 is 5.91 Å². The number of aromatic nitrogens is 3. The van der Waals surface area contributed by atoms with Crippen LogP contribution in [0.1, 0.15) is 35.6 Å². The fourth-order valence-corrected chi connectivity index (χ4v) is 1.63. The maximum absolute atomic E-state index is 12.0. The zero-order valence-corrected chi connectivity index (χ0v) is 9.92. The summed E-state index contributed by atoms with van der Waals surface area (Å²) in [5, 5.41) is 12.1. The minimum Gasteiger partial charge on any atom is -0.506 e. The fraction of sp³-hybridized carbons (Fsp3) is 0.250. The molecular formula is C12H14N4O2. The van der Waals surface area contributed by atoms with Crippen LogP contribution in [0.15, 0.2) is 30.9 Å². The highest BCUT2D eigenvalue weighted by Gasteiger charge is 2.16. The lowest BCUT2D eigenvalue weighted by molar-refractivity contribution is 0.0933. The van der Waals surface area contributed by atoms with Gasteiger partial charge in [-0.15, -0.1) is 0 Å². The van der Waals surface area contributed by atoms with Crippen LogP contribution in [-0.4, -0.2) is 26.0 Å². The van der Waals surface area contributed by atoms with Gasteiger partial charge in [0.2, 0.25) is 0 Å². The Balaban J connectivity index is 2.11. The van der Waals surface area contributed by atoms with Gasteiger partial charge in [0.1, 0.15) is 11.6 Å². The van der Waals surface area contributed by atoms with Crippen LogP contribution in [0.3, 0.4) is 0 Å². The molecule has 94 valence electrons. The molecule has 2 heterocycles. The van der Waals surface area contributed by atoms with Gasteiger partial charge in [-0.3, -0.25) is 9.78 Å². The van der Waals surface area contributed by atoms with Crippen LogP contribution in [0.2, 0.25) is 0 Å². The first kappa shape index (κ1) is 12.1. The Labute approximate surface area is 104 Å². The average molecular weight is 246 g/mol. The largest absolute Gasteiger partial charge is 0.506 e. The molecule has 0 aromatic carbocycles. The Morgan fingerprint density at radius 3 is 3.00 bits per heavy atom. The first-order valence-corrected chi connectivity index (χ1v) is 5.65. The van der Waals surface area contributed by atoms with E-state index in [1.165, 1.54) is 18.5 Å². The predicted octanol–water partition coefficient (Wildman–Crippen LogP) is 1.39. The molecule has 0 aliphatic carbocycles. The molecule has 6 nitrogen and oxygen atoms in total. The number of aromatic amines is 1. The van der Waals surface area contributed by atoms with Crippen LogP contribution in [0.5, 0.6) is 5.75 Å². The number of carbonyl (C=O) groups is 1. The van der Waals surface area contributed by atoms with Crippen LogP contribution >= 0.6 is 0 Å². The molecule has 2 aromatic rings. The van der Waals surface area contributed by atoms with E-state index in [1.54, 1.807) is 12.4 Å². The van der Waals surface area contributed by atoms with Crippen molar-refractivity contribution in [2.75, 3.05) is 0 Å². The summed E-state index contributed by atoms with van der Waals surface area (Å²) in [5.41, 5.74) is 0.319. The van der Waals surface area contributed by atoms with Gasteiger partial charge in [0.15, 0.2) is 0 Å². The van der Waals surface area contributed by atoms with Crippen LogP contribution < -0.4 is 5.32 Å². The molecule has 0 saturated carbocycles. The number of hydrogen-bond acceptors (Lipinski definition) is 4. The Morgan fingerprint density at radius 2 is 2.39 bits per heavy atom. The van der Waals surface area contributed by atoms with Crippen molar-refractivity contribution in [3.8, 4) is 5.75 Å². The minimum atomic E-state index is -0.290. The summed E-state index contributed by atoms with van der Waals surface area (Å²) in [6, 6.07) is 1.19. The fourth-order valence-electron chi connectivity index (χ4n) is 1.63. The molecule has 0 fully saturated rings. The Bertz CT molecular complexity index is 525. The number of aromatic hydroxyl groups is 1. The lowest BCUT2D eigenvalue weighted by Gasteiger charge is -2.14. The van der Waals surface area contributed by atoms with E-state index in [0.29, 0.717) is 17.8 Å². The highest BCUT2D eigenvalue weighted by Crippen LogP contribution is 2.14. The molecule has 0 radical (unpaired) electrons. The number of carbonyl (C=O) groups excluding carboxylic acids is 1. The number of rotatable bonds is 4. The molecule has 2 aromatic heterocycles. The summed E-state index contributed by atoms with van der Waals surface area (Å²) in [6.07, 6.45) is 6.75. The third-order valence-electron chi connectivity index (χ3n) is 2.55. The molecule has 6 heteroatoms. The van der Waals surface area contributed by atoms with Gasteiger partial charge in [-0.2, -0.15) is 0 Å². The lowest BCUT2D eigenvalue weighted by atomic mass is 10.2. The summed E-state index contributed by atoms with van der Waals surface area (Å²) in [5.74, 6) is 0.384. The molecule has 0 saturated heterocycles. The summed E-state index contributed by atoms with van der Waals surface area (Å²) in [6.45, 7) is 1.95. The van der Waals surface area contributed by atoms with Crippen LogP contribution in [-0.2, 0) is 0 Å². The molecule has 0 bridgehead atoms. The Hall–Kier alpha value is -2.37. The lowest BCUT2D eigenvalue weighted by Crippen LogP contribution is -2.28. The number of hydrogen-bond donors (Lipinski definition) is 3. The van der Waals surface area contributed by atoms with Crippen molar-refractivity contribution in [3.05, 3.63) is 42.2 Å². The molecule has 1 unspecified atom stereocenters. The predicted molar refractivity (Wildman–Crippen MR) is 65.0 cm³/mol. The smallest absolute Gasteiger partial charge is 0.253 e. The topological polar surface area (TPSA) is 90.9 Å². The monoisotopic (exact) mass is 246 g/mol. The second-order valence-corrected chi connectivity index (χ2v) is 3.84. The quantitative estimate of drug-likeness (QED) is 0.760. The van der Waals surface area contributed by atoms with Gasteiger partial charge in [-0.1, -0.05) is 6.92 Å². The van der Waals surface area contributed by atoms with Gasteiger partial charge < -0.3 is 15.4 Å². The first-order chi connectivity index (χ1) is 8.70. The van der Waals surface area contributed by atoms with Crippen molar-refractivity contribution in [1.29, 1.82) is 0 Å². The van der Waals surface area contributed by atoms with Crippen LogP contribution in [0.4, 0.5) is 0 Å². The van der Waals surface area contributed by atoms with Gasteiger partial charge in [-0.05, 0) is 12.5 Å². The molecular weight excluding hydrogens is 232 g/mol. The zero-order valence-electron chi connectivity index (χ0n) is 9.92. The molecule has 0 spiro atoms. The summed E-state index contributed by atoms with van der Waals surface area (Å²) < 4.78 is 0. The second-order valence-electron chi connectivity index (χ2n) is 3.84. The van der Waals surface area contributed by atoms with Crippen molar-refractivity contribution in [3.63, 3.8) is 0 Å². The Morgan fingerprint density at radius 1 is 1.56 bits per heavy atom. The van der Waals surface area contributed by atoms with E-state index >= 15 is 0 Å². The van der Waals surface area contributed by atoms with Crippen LogP contribution in [0.25, 0.3) is 0 Å². The molecule has 1 atom stereocenters. The van der Waals surface area contributed by atoms with Gasteiger partial charge >= 0.3 is 0 Å². The molecule has 3 N–H and O–H groups in total. The van der Waals surface area contributed by atoms with E-state index in [2.05, 4.69) is 20.3 Å². The van der Waals surface area contributed by atoms with Crippen molar-refractivity contribution < 1.29 is 9.90 Å². The number of pyridine rings is 1. The van der Waals surface area contributed by atoms with E-state index in [4.69, 9.17) is 0 Å². The maximum Gasteiger partial charge on any atom is 0.253 e. The highest BCUT2D eigenvalue weighted by molar-refractivity contribution is 5.94. The number of H-pyrrole nitrogens is 1. The number of nitrogens with zero attached hydrogens (tertiary/aromatic N) is 2. The van der Waals surface area contributed by atoms with Crippen molar-refractivity contribution in [1.82, 2.24) is 20.3 Å². The molecule has 18 heavy (non-hydrogen) atoms. The molecule has 0 aliphatic heterocycles. The third-order valence-corrected chi connectivity index (χ3v) is 2.55. The molecule has 1 amide bonds. The average Bonchev–Trinajstić information content (AvgIpc) is 2.89. The van der Waals surface area contributed by atoms with Gasteiger partial charge in [0.05, 0.1) is 17.8 Å². The molecule has 2 rings (SSSR count). The minimum absolute atomic E-state index is 0.0336. The Kier molecular flexibility index (Phi) is 3.57. The highest BCUT2D eigenvalue weighted by atomic mass is 16.3. The molecule has 0 aliphatic rings. The summed E-state index contributed by atoms with van der Waals surface area (Å²) in [7, 11) is 0. The maximum atomic E-state index is 12.0. The number of amides is 1. The van der Waals surface area contributed by atoms with Gasteiger partial charge in [-0.25, -0.2) is 4.98 Å². The summed E-state index contributed by atoms with van der Waals surface area (Å²) >= 11 is 0. The van der Waals surface area contributed by atoms with Crippen molar-refractivity contribution in [2.24, 2.45) is 0 Å². The SMILES string of the molecule is CCC(NC(=O)c1cncc(O)c1)c1ncc[nH]1. The normalized spacial score (nSPS) is 12.1. The van der Waals surface area contributed by atoms with E-state index in [-0.39, 0.29) is 17.7 Å². The van der Waals surface area contributed by atoms with E-state index < -0.39 is 0 Å². The number of nitrogens with one attached hydrogen (secondary N) is 2. The summed E-state index contributed by atoms with van der Waals surface area (Å²) in [4.78, 5) is 22.8. The van der Waals surface area contributed by atoms with Crippen molar-refractivity contribution in [2.45, 2.75) is 19.4 Å². The van der Waals surface area contributed by atoms with Gasteiger partial charge in [0, 0.05) is 18.6 Å². The van der Waals surface area contributed by atoms with E-state index in [0.717, 1.165) is 0 Å². The first-order valence-electron chi connectivity index (χ1n) is 5.65. The zero-order chi connectivity index (χ0) is 13.0. The third kappa shape index (κ3) is 2.65. The standard InChI is InChI=1S/C12H14N4O2/c1-2-10(11-14-3-4-15-11)16-12(18)8-5-9(17)7-13-6-8/h3-7,10,17H,2H2,1H3,(H,14,15)(H,16,18). The van der Waals surface area contributed by atoms with E-state index in [1.807, 2.05) is 6.92 Å². The van der Waals surface area contributed by atoms with Gasteiger partial charge in [0.25, 0.3) is 5.91 Å². The van der Waals surface area contributed by atoms with Crippen LogP contribution in [0, 0.1) is 0 Å².